The number of hydrogen-bond donors (Lipinski definition) is 1. The lowest BCUT2D eigenvalue weighted by Crippen LogP contribution is -2.54. The monoisotopic (exact) mass is 400 g/mol. The Morgan fingerprint density at radius 2 is 1.97 bits per heavy atom. The Kier molecular flexibility index (Phi) is 6.57. The summed E-state index contributed by atoms with van der Waals surface area (Å²) >= 11 is 0. The number of rotatable bonds is 6. The Morgan fingerprint density at radius 3 is 2.59 bits per heavy atom. The first-order valence-corrected chi connectivity index (χ1v) is 10.8. The highest BCUT2D eigenvalue weighted by Crippen LogP contribution is 2.56. The number of anilines is 1. The Balaban J connectivity index is 1.81. The molecule has 1 heterocycles. The zero-order valence-corrected chi connectivity index (χ0v) is 18.7. The van der Waals surface area contributed by atoms with E-state index in [-0.39, 0.29) is 23.5 Å². The van der Waals surface area contributed by atoms with Crippen molar-refractivity contribution in [3.8, 4) is 0 Å². The average molecular weight is 401 g/mol. The van der Waals surface area contributed by atoms with Crippen molar-refractivity contribution >= 4 is 11.8 Å². The number of amides is 1. The third-order valence-corrected chi connectivity index (χ3v) is 6.98. The number of fused-ring (bicyclic) bond motifs is 2. The smallest absolute Gasteiger partial charge is 0.407 e. The number of benzene rings is 1. The third-order valence-electron chi connectivity index (χ3n) is 6.98. The summed E-state index contributed by atoms with van der Waals surface area (Å²) in [7, 11) is 4.10. The summed E-state index contributed by atoms with van der Waals surface area (Å²) in [6.07, 6.45) is 2.97. The standard InChI is InChI=1S/C24H36N2O3/c1-7-12-25-23(27)29-15-24-14-28-22(19-8-10-20(11-9-19)26(5)6)21(18(24)4)16(2)13-17(24)3/h8-11,13,17-18,21-22H,7,12,14-15H2,1-6H3,(H,25,27)/t17-,18-,21-,22+,24-/m0/s1. The van der Waals surface area contributed by atoms with Crippen LogP contribution in [-0.4, -0.2) is 39.9 Å². The summed E-state index contributed by atoms with van der Waals surface area (Å²) in [5, 5.41) is 2.81. The van der Waals surface area contributed by atoms with Crippen molar-refractivity contribution < 1.29 is 14.3 Å². The van der Waals surface area contributed by atoms with Crippen LogP contribution in [0.3, 0.4) is 0 Å². The van der Waals surface area contributed by atoms with Gasteiger partial charge < -0.3 is 19.7 Å². The van der Waals surface area contributed by atoms with Gasteiger partial charge in [0.25, 0.3) is 0 Å². The molecule has 1 fully saturated rings. The zero-order chi connectivity index (χ0) is 21.2. The van der Waals surface area contributed by atoms with E-state index in [2.05, 4.69) is 75.4 Å². The zero-order valence-electron chi connectivity index (χ0n) is 18.7. The lowest BCUT2D eigenvalue weighted by atomic mass is 9.56. The number of allylic oxidation sites excluding steroid dienone is 1. The van der Waals surface area contributed by atoms with E-state index in [1.54, 1.807) is 0 Å². The maximum atomic E-state index is 12.1. The van der Waals surface area contributed by atoms with Gasteiger partial charge in [0.05, 0.1) is 12.7 Å². The van der Waals surface area contributed by atoms with Crippen LogP contribution in [0.5, 0.6) is 0 Å². The van der Waals surface area contributed by atoms with Crippen LogP contribution in [0.1, 0.15) is 45.8 Å². The van der Waals surface area contributed by atoms with Gasteiger partial charge in [-0.1, -0.05) is 44.6 Å². The fourth-order valence-corrected chi connectivity index (χ4v) is 5.00. The molecule has 0 spiro atoms. The molecule has 5 atom stereocenters. The molecule has 0 aromatic heterocycles. The van der Waals surface area contributed by atoms with Crippen LogP contribution in [0.4, 0.5) is 10.5 Å². The number of carbonyl (C=O) groups is 1. The van der Waals surface area contributed by atoms with E-state index < -0.39 is 0 Å². The molecule has 5 heteroatoms. The molecule has 1 aliphatic carbocycles. The first-order valence-electron chi connectivity index (χ1n) is 10.8. The van der Waals surface area contributed by atoms with E-state index in [0.29, 0.717) is 31.6 Å². The molecule has 0 saturated carbocycles. The van der Waals surface area contributed by atoms with Gasteiger partial charge in [-0.2, -0.15) is 0 Å². The van der Waals surface area contributed by atoms with Gasteiger partial charge in [0.15, 0.2) is 0 Å². The van der Waals surface area contributed by atoms with Crippen LogP contribution < -0.4 is 10.2 Å². The van der Waals surface area contributed by atoms with Crippen LogP contribution >= 0.6 is 0 Å². The number of nitrogens with one attached hydrogen (secondary N) is 1. The van der Waals surface area contributed by atoms with Gasteiger partial charge in [-0.3, -0.25) is 0 Å². The SMILES string of the molecule is CCCNC(=O)OC[C@@]12CO[C@H](c3ccc(N(C)C)cc3)[C@@H](C(C)=C[C@@H]1C)[C@@H]2C. The molecular formula is C24H36N2O3. The summed E-state index contributed by atoms with van der Waals surface area (Å²) in [6.45, 7) is 10.4. The van der Waals surface area contributed by atoms with E-state index in [4.69, 9.17) is 9.47 Å². The number of hydrogen-bond acceptors (Lipinski definition) is 4. The summed E-state index contributed by atoms with van der Waals surface area (Å²) in [6, 6.07) is 8.66. The van der Waals surface area contributed by atoms with Crippen LogP contribution in [0, 0.1) is 23.2 Å². The number of carbonyl (C=O) groups excluding carboxylic acids is 1. The van der Waals surface area contributed by atoms with Crippen LogP contribution in [0.25, 0.3) is 0 Å². The normalized spacial score (nSPS) is 31.0. The van der Waals surface area contributed by atoms with Crippen molar-refractivity contribution in [3.05, 3.63) is 41.5 Å². The fourth-order valence-electron chi connectivity index (χ4n) is 5.00. The molecule has 5 nitrogen and oxygen atoms in total. The molecule has 2 bridgehead atoms. The highest BCUT2D eigenvalue weighted by atomic mass is 16.6. The van der Waals surface area contributed by atoms with Gasteiger partial charge in [0.1, 0.15) is 6.61 Å². The number of alkyl carbamates (subject to hydrolysis) is 1. The van der Waals surface area contributed by atoms with Gasteiger partial charge in [-0.15, -0.1) is 0 Å². The van der Waals surface area contributed by atoms with Crippen molar-refractivity contribution in [2.75, 3.05) is 38.8 Å². The molecule has 0 radical (unpaired) electrons. The van der Waals surface area contributed by atoms with E-state index in [0.717, 1.165) is 6.42 Å². The van der Waals surface area contributed by atoms with Crippen LogP contribution in [0.15, 0.2) is 35.9 Å². The van der Waals surface area contributed by atoms with Crippen molar-refractivity contribution in [1.29, 1.82) is 0 Å². The first kappa shape index (κ1) is 21.7. The third kappa shape index (κ3) is 4.16. The fraction of sp³-hybridized carbons (Fsp3) is 0.625. The maximum absolute atomic E-state index is 12.1. The van der Waals surface area contributed by atoms with Crippen LogP contribution in [-0.2, 0) is 9.47 Å². The molecule has 1 N–H and O–H groups in total. The van der Waals surface area contributed by atoms with E-state index in [1.807, 2.05) is 6.92 Å². The minimum absolute atomic E-state index is 0.0343. The molecule has 1 aliphatic heterocycles. The van der Waals surface area contributed by atoms with E-state index >= 15 is 0 Å². The van der Waals surface area contributed by atoms with E-state index in [9.17, 15) is 4.79 Å². The summed E-state index contributed by atoms with van der Waals surface area (Å²) in [5.41, 5.74) is 3.58. The van der Waals surface area contributed by atoms with Gasteiger partial charge in [-0.25, -0.2) is 4.79 Å². The Hall–Kier alpha value is -2.01. The Labute approximate surface area is 175 Å². The van der Waals surface area contributed by atoms with Crippen molar-refractivity contribution in [1.82, 2.24) is 5.32 Å². The predicted octanol–water partition coefficient (Wildman–Crippen LogP) is 4.79. The molecule has 160 valence electrons. The lowest BCUT2D eigenvalue weighted by Gasteiger charge is -2.55. The molecule has 0 unspecified atom stereocenters. The van der Waals surface area contributed by atoms with Crippen molar-refractivity contribution in [2.24, 2.45) is 23.2 Å². The molecule has 2 aliphatic rings. The molecule has 1 aromatic rings. The molecule has 29 heavy (non-hydrogen) atoms. The first-order chi connectivity index (χ1) is 13.8. The summed E-state index contributed by atoms with van der Waals surface area (Å²) in [5.74, 6) is 0.936. The maximum Gasteiger partial charge on any atom is 0.407 e. The molecule has 1 amide bonds. The topological polar surface area (TPSA) is 50.8 Å². The van der Waals surface area contributed by atoms with E-state index in [1.165, 1.54) is 16.8 Å². The second-order valence-electron chi connectivity index (χ2n) is 8.97. The van der Waals surface area contributed by atoms with Crippen molar-refractivity contribution in [3.63, 3.8) is 0 Å². The molecule has 1 saturated heterocycles. The largest absolute Gasteiger partial charge is 0.449 e. The van der Waals surface area contributed by atoms with Gasteiger partial charge in [0.2, 0.25) is 0 Å². The minimum atomic E-state index is -0.329. The highest BCUT2D eigenvalue weighted by molar-refractivity contribution is 5.67. The van der Waals surface area contributed by atoms with Crippen molar-refractivity contribution in [2.45, 2.75) is 40.2 Å². The van der Waals surface area contributed by atoms with Gasteiger partial charge in [0, 0.05) is 37.7 Å². The number of ether oxygens (including phenoxy) is 2. The predicted molar refractivity (Wildman–Crippen MR) is 117 cm³/mol. The quantitative estimate of drug-likeness (QED) is 0.697. The van der Waals surface area contributed by atoms with Gasteiger partial charge >= 0.3 is 6.09 Å². The molecular weight excluding hydrogens is 364 g/mol. The second kappa shape index (κ2) is 8.78. The Morgan fingerprint density at radius 1 is 1.28 bits per heavy atom. The molecule has 3 rings (SSSR count). The molecule has 1 aromatic carbocycles. The number of nitrogens with zero attached hydrogens (tertiary/aromatic N) is 1. The average Bonchev–Trinajstić information content (AvgIpc) is 2.70. The Bertz CT molecular complexity index is 743. The van der Waals surface area contributed by atoms with Gasteiger partial charge in [-0.05, 0) is 42.9 Å². The van der Waals surface area contributed by atoms with Crippen LogP contribution in [0.2, 0.25) is 0 Å². The summed E-state index contributed by atoms with van der Waals surface area (Å²) in [4.78, 5) is 14.2. The second-order valence-corrected chi connectivity index (χ2v) is 8.97. The lowest BCUT2D eigenvalue weighted by molar-refractivity contribution is -0.165. The summed E-state index contributed by atoms with van der Waals surface area (Å²) < 4.78 is 12.1. The minimum Gasteiger partial charge on any atom is -0.449 e. The highest BCUT2D eigenvalue weighted by Gasteiger charge is 2.54.